The van der Waals surface area contributed by atoms with Gasteiger partial charge in [0.2, 0.25) is 6.29 Å². The average Bonchev–Trinajstić information content (AvgIpc) is 2.79. The molecule has 1 aromatic rings. The third-order valence-electron chi connectivity index (χ3n) is 5.44. The van der Waals surface area contributed by atoms with E-state index in [0.29, 0.717) is 5.56 Å². The van der Waals surface area contributed by atoms with Crippen LogP contribution in [0.5, 0.6) is 5.75 Å². The molecular weight excluding hydrogens is 444 g/mol. The van der Waals surface area contributed by atoms with E-state index in [1.807, 2.05) is 0 Å². The zero-order valence-corrected chi connectivity index (χ0v) is 17.6. The Balaban J connectivity index is 1.58. The number of carbonyl (C=O) groups is 1. The van der Waals surface area contributed by atoms with E-state index >= 15 is 0 Å². The molecule has 0 spiro atoms. The van der Waals surface area contributed by atoms with Crippen molar-refractivity contribution in [1.29, 1.82) is 0 Å². The lowest BCUT2D eigenvalue weighted by Gasteiger charge is -2.42. The fourth-order valence-electron chi connectivity index (χ4n) is 3.40. The fourth-order valence-corrected chi connectivity index (χ4v) is 3.40. The third kappa shape index (κ3) is 6.06. The minimum absolute atomic E-state index is 0.0561. The van der Waals surface area contributed by atoms with Gasteiger partial charge in [0.25, 0.3) is 0 Å². The molecule has 12 heteroatoms. The molecule has 0 aliphatic carbocycles. The lowest BCUT2D eigenvalue weighted by atomic mass is 9.98. The number of hydrogen-bond acceptors (Lipinski definition) is 12. The molecule has 2 heterocycles. The van der Waals surface area contributed by atoms with Crippen molar-refractivity contribution in [3.8, 4) is 5.75 Å². The second-order valence-corrected chi connectivity index (χ2v) is 7.89. The molecule has 0 unspecified atom stereocenters. The van der Waals surface area contributed by atoms with Gasteiger partial charge < -0.3 is 54.7 Å². The highest BCUT2D eigenvalue weighted by atomic mass is 16.7. The molecule has 12 nitrogen and oxygen atoms in total. The van der Waals surface area contributed by atoms with Gasteiger partial charge in [-0.3, -0.25) is 0 Å². The number of hydrogen-bond donors (Lipinski definition) is 7. The normalized spacial score (nSPS) is 39.5. The number of esters is 1. The zero-order valence-electron chi connectivity index (χ0n) is 17.6. The number of aromatic hydroxyl groups is 1. The van der Waals surface area contributed by atoms with Crippen molar-refractivity contribution in [2.75, 3.05) is 6.61 Å². The highest BCUT2D eigenvalue weighted by Crippen LogP contribution is 2.26. The molecule has 1 aromatic carbocycles. The minimum Gasteiger partial charge on any atom is -0.508 e. The molecule has 7 N–H and O–H groups in total. The highest BCUT2D eigenvalue weighted by Gasteiger charge is 2.47. The molecule has 0 aromatic heterocycles. The number of rotatable bonds is 6. The predicted octanol–water partition coefficient (Wildman–Crippen LogP) is -2.40. The van der Waals surface area contributed by atoms with Crippen LogP contribution in [-0.2, 0) is 23.7 Å². The molecule has 0 radical (unpaired) electrons. The summed E-state index contributed by atoms with van der Waals surface area (Å²) in [7, 11) is 0. The van der Waals surface area contributed by atoms with Crippen LogP contribution < -0.4 is 0 Å². The number of carbonyl (C=O) groups excluding carboxylic acids is 1. The molecule has 0 amide bonds. The SMILES string of the molecule is C[C@H]1O[C@H](OC[C@H]2O[C@@H](OC(=O)/C=C\c3ccc(O)cc3)[C@H](O)[C@@H](O)[C@@H]2O)[C@H](O)[C@@H](O)[C@@H]1O. The van der Waals surface area contributed by atoms with Crippen LogP contribution in [0.25, 0.3) is 6.08 Å². The summed E-state index contributed by atoms with van der Waals surface area (Å²) in [6.07, 6.45) is -12.3. The van der Waals surface area contributed by atoms with Crippen molar-refractivity contribution in [1.82, 2.24) is 0 Å². The third-order valence-corrected chi connectivity index (χ3v) is 5.44. The van der Waals surface area contributed by atoms with Gasteiger partial charge in [-0.2, -0.15) is 0 Å². The number of phenolic OH excluding ortho intramolecular Hbond substituents is 1. The van der Waals surface area contributed by atoms with E-state index < -0.39 is 74.0 Å². The maximum atomic E-state index is 12.1. The summed E-state index contributed by atoms with van der Waals surface area (Å²) in [6.45, 7) is 0.989. The van der Waals surface area contributed by atoms with Crippen molar-refractivity contribution in [3.05, 3.63) is 35.9 Å². The van der Waals surface area contributed by atoms with Gasteiger partial charge in [-0.1, -0.05) is 12.1 Å². The molecule has 2 saturated heterocycles. The van der Waals surface area contributed by atoms with Gasteiger partial charge in [0.15, 0.2) is 6.29 Å². The summed E-state index contributed by atoms with van der Waals surface area (Å²) in [5, 5.41) is 69.3. The Morgan fingerprint density at radius 2 is 1.48 bits per heavy atom. The summed E-state index contributed by atoms with van der Waals surface area (Å²) in [4.78, 5) is 12.1. The Labute approximate surface area is 188 Å². The monoisotopic (exact) mass is 472 g/mol. The molecule has 0 saturated carbocycles. The molecule has 2 fully saturated rings. The second-order valence-electron chi connectivity index (χ2n) is 7.89. The van der Waals surface area contributed by atoms with Crippen molar-refractivity contribution >= 4 is 12.0 Å². The van der Waals surface area contributed by atoms with Gasteiger partial charge in [0, 0.05) is 6.08 Å². The Bertz CT molecular complexity index is 814. The van der Waals surface area contributed by atoms with Crippen molar-refractivity contribution in [2.45, 2.75) is 68.3 Å². The van der Waals surface area contributed by atoms with E-state index in [2.05, 4.69) is 0 Å². The summed E-state index contributed by atoms with van der Waals surface area (Å²) in [5.74, 6) is -0.854. The van der Waals surface area contributed by atoms with Gasteiger partial charge in [-0.05, 0) is 30.7 Å². The molecule has 2 aliphatic rings. The minimum atomic E-state index is -1.75. The number of aliphatic hydroxyl groups excluding tert-OH is 6. The first-order valence-electron chi connectivity index (χ1n) is 10.3. The van der Waals surface area contributed by atoms with E-state index in [0.717, 1.165) is 6.08 Å². The van der Waals surface area contributed by atoms with Crippen LogP contribution in [0.2, 0.25) is 0 Å². The van der Waals surface area contributed by atoms with E-state index in [1.54, 1.807) is 12.1 Å². The highest BCUT2D eigenvalue weighted by molar-refractivity contribution is 5.87. The molecule has 184 valence electrons. The van der Waals surface area contributed by atoms with Crippen LogP contribution in [0.1, 0.15) is 12.5 Å². The van der Waals surface area contributed by atoms with E-state index in [9.17, 15) is 40.5 Å². The van der Waals surface area contributed by atoms with Gasteiger partial charge in [0.05, 0.1) is 12.7 Å². The Morgan fingerprint density at radius 1 is 0.879 bits per heavy atom. The van der Waals surface area contributed by atoms with Crippen molar-refractivity contribution in [2.24, 2.45) is 0 Å². The maximum absolute atomic E-state index is 12.1. The summed E-state index contributed by atoms with van der Waals surface area (Å²) in [5.41, 5.74) is 0.587. The standard InChI is InChI=1S/C21H28O12/c1-9-14(24)16(26)18(28)20(31-9)30-8-12-15(25)17(27)19(29)21(32-12)33-13(23)7-4-10-2-5-11(22)6-3-10/h2-7,9,12,14-22,24-29H,8H2,1H3/b7-4-/t9-,12-,14-,15-,16+,17+,18-,19-,20+,21+/m1/s1. The smallest absolute Gasteiger partial charge is 0.333 e. The lowest BCUT2D eigenvalue weighted by Crippen LogP contribution is -2.61. The molecule has 33 heavy (non-hydrogen) atoms. The van der Waals surface area contributed by atoms with Crippen LogP contribution in [0.15, 0.2) is 30.3 Å². The Morgan fingerprint density at radius 3 is 2.15 bits per heavy atom. The first kappa shape index (κ1) is 25.5. The molecule has 10 atom stereocenters. The zero-order chi connectivity index (χ0) is 24.3. The van der Waals surface area contributed by atoms with Gasteiger partial charge in [-0.25, -0.2) is 4.79 Å². The first-order chi connectivity index (χ1) is 15.6. The van der Waals surface area contributed by atoms with Crippen LogP contribution in [0.4, 0.5) is 0 Å². The average molecular weight is 472 g/mol. The van der Waals surface area contributed by atoms with Gasteiger partial charge in [-0.15, -0.1) is 0 Å². The topological polar surface area (TPSA) is 196 Å². The Kier molecular flexibility index (Phi) is 8.39. The summed E-state index contributed by atoms with van der Waals surface area (Å²) < 4.78 is 21.0. The first-order valence-corrected chi connectivity index (χ1v) is 10.3. The predicted molar refractivity (Wildman–Crippen MR) is 108 cm³/mol. The van der Waals surface area contributed by atoms with E-state index in [1.165, 1.54) is 25.1 Å². The fraction of sp³-hybridized carbons (Fsp3) is 0.571. The van der Waals surface area contributed by atoms with E-state index in [4.69, 9.17) is 18.9 Å². The number of phenols is 1. The van der Waals surface area contributed by atoms with Crippen LogP contribution in [0, 0.1) is 0 Å². The largest absolute Gasteiger partial charge is 0.508 e. The molecule has 0 bridgehead atoms. The van der Waals surface area contributed by atoms with Gasteiger partial charge >= 0.3 is 5.97 Å². The van der Waals surface area contributed by atoms with Gasteiger partial charge in [0.1, 0.15) is 48.5 Å². The number of ether oxygens (including phenoxy) is 4. The van der Waals surface area contributed by atoms with Crippen molar-refractivity contribution in [3.63, 3.8) is 0 Å². The number of aliphatic hydroxyl groups is 6. The summed E-state index contributed by atoms with van der Waals surface area (Å²) >= 11 is 0. The Hall–Kier alpha value is -2.13. The van der Waals surface area contributed by atoms with Crippen LogP contribution in [0.3, 0.4) is 0 Å². The van der Waals surface area contributed by atoms with Crippen molar-refractivity contribution < 1.29 is 59.5 Å². The lowest BCUT2D eigenvalue weighted by molar-refractivity contribution is -0.323. The molecule has 3 rings (SSSR count). The second kappa shape index (κ2) is 10.9. The molecular formula is C21H28O12. The van der Waals surface area contributed by atoms with Crippen LogP contribution >= 0.6 is 0 Å². The van der Waals surface area contributed by atoms with E-state index in [-0.39, 0.29) is 5.75 Å². The summed E-state index contributed by atoms with van der Waals surface area (Å²) in [6, 6.07) is 5.96. The van der Waals surface area contributed by atoms with Crippen LogP contribution in [-0.4, -0.2) is 110 Å². The maximum Gasteiger partial charge on any atom is 0.333 e. The quantitative estimate of drug-likeness (QED) is 0.172. The molecule has 2 aliphatic heterocycles. The number of benzene rings is 1.